The summed E-state index contributed by atoms with van der Waals surface area (Å²) >= 11 is 5.99. The number of nitrogens with one attached hydrogen (secondary N) is 1. The van der Waals surface area contributed by atoms with Gasteiger partial charge in [0, 0.05) is 16.6 Å². The molecule has 0 amide bonds. The summed E-state index contributed by atoms with van der Waals surface area (Å²) in [5.41, 5.74) is 3.83. The molecule has 3 N–H and O–H groups in total. The molecule has 20 heavy (non-hydrogen) atoms. The summed E-state index contributed by atoms with van der Waals surface area (Å²) in [7, 11) is 0. The first-order valence-corrected chi connectivity index (χ1v) is 6.61. The van der Waals surface area contributed by atoms with Crippen molar-refractivity contribution >= 4 is 11.6 Å². The standard InChI is InChI=1S/C15H15ClF2N2/c16-14-5-2-6-15(18)13(14)9-12(20-19)8-10-3-1-4-11(17)7-10/h1-7,12,20H,8-9,19H2. The molecule has 0 saturated carbocycles. The van der Waals surface area contributed by atoms with Crippen LogP contribution in [-0.4, -0.2) is 6.04 Å². The Morgan fingerprint density at radius 3 is 2.50 bits per heavy atom. The van der Waals surface area contributed by atoms with Gasteiger partial charge in [0.1, 0.15) is 11.6 Å². The van der Waals surface area contributed by atoms with Gasteiger partial charge in [-0.15, -0.1) is 0 Å². The number of hydrazine groups is 1. The summed E-state index contributed by atoms with van der Waals surface area (Å²) in [6, 6.07) is 10.6. The summed E-state index contributed by atoms with van der Waals surface area (Å²) in [5, 5.41) is 0.365. The molecule has 106 valence electrons. The van der Waals surface area contributed by atoms with Gasteiger partial charge in [0.25, 0.3) is 0 Å². The predicted octanol–water partition coefficient (Wildman–Crippen LogP) is 3.24. The van der Waals surface area contributed by atoms with Crippen LogP contribution in [0.4, 0.5) is 8.78 Å². The van der Waals surface area contributed by atoms with Crippen LogP contribution in [0.2, 0.25) is 5.02 Å². The van der Waals surface area contributed by atoms with Gasteiger partial charge in [-0.3, -0.25) is 11.3 Å². The van der Waals surface area contributed by atoms with Crippen molar-refractivity contribution in [3.63, 3.8) is 0 Å². The zero-order valence-electron chi connectivity index (χ0n) is 10.7. The third-order valence-corrected chi connectivity index (χ3v) is 3.47. The number of rotatable bonds is 5. The van der Waals surface area contributed by atoms with Crippen molar-refractivity contribution in [3.8, 4) is 0 Å². The van der Waals surface area contributed by atoms with Crippen LogP contribution in [-0.2, 0) is 12.8 Å². The topological polar surface area (TPSA) is 38.0 Å². The van der Waals surface area contributed by atoms with Gasteiger partial charge in [-0.1, -0.05) is 29.8 Å². The molecule has 1 unspecified atom stereocenters. The third kappa shape index (κ3) is 3.76. The number of nitrogens with two attached hydrogens (primary N) is 1. The molecule has 0 heterocycles. The van der Waals surface area contributed by atoms with Crippen LogP contribution >= 0.6 is 11.6 Å². The van der Waals surface area contributed by atoms with E-state index in [1.54, 1.807) is 24.3 Å². The van der Waals surface area contributed by atoms with Gasteiger partial charge >= 0.3 is 0 Å². The third-order valence-electron chi connectivity index (χ3n) is 3.12. The Hall–Kier alpha value is -1.49. The molecule has 0 aliphatic heterocycles. The van der Waals surface area contributed by atoms with E-state index in [1.165, 1.54) is 18.2 Å². The van der Waals surface area contributed by atoms with Crippen molar-refractivity contribution in [1.82, 2.24) is 5.43 Å². The minimum Gasteiger partial charge on any atom is -0.271 e. The van der Waals surface area contributed by atoms with E-state index in [9.17, 15) is 8.78 Å². The maximum atomic E-state index is 13.7. The van der Waals surface area contributed by atoms with Gasteiger partial charge in [0.2, 0.25) is 0 Å². The average Bonchev–Trinajstić information content (AvgIpc) is 2.42. The Morgan fingerprint density at radius 2 is 1.85 bits per heavy atom. The van der Waals surface area contributed by atoms with Gasteiger partial charge < -0.3 is 0 Å². The lowest BCUT2D eigenvalue weighted by Crippen LogP contribution is -2.38. The minimum atomic E-state index is -0.364. The molecule has 1 atom stereocenters. The highest BCUT2D eigenvalue weighted by Crippen LogP contribution is 2.21. The highest BCUT2D eigenvalue weighted by atomic mass is 35.5. The van der Waals surface area contributed by atoms with E-state index < -0.39 is 0 Å². The van der Waals surface area contributed by atoms with Crippen LogP contribution in [0.1, 0.15) is 11.1 Å². The highest BCUT2D eigenvalue weighted by Gasteiger charge is 2.14. The zero-order valence-corrected chi connectivity index (χ0v) is 11.5. The van der Waals surface area contributed by atoms with Crippen molar-refractivity contribution in [2.45, 2.75) is 18.9 Å². The van der Waals surface area contributed by atoms with E-state index in [-0.39, 0.29) is 17.7 Å². The second kappa shape index (κ2) is 6.79. The Kier molecular flexibility index (Phi) is 5.06. The highest BCUT2D eigenvalue weighted by molar-refractivity contribution is 6.31. The normalized spacial score (nSPS) is 12.4. The first kappa shape index (κ1) is 14.9. The number of halogens is 3. The number of hydrogen-bond acceptors (Lipinski definition) is 2. The molecule has 5 heteroatoms. The van der Waals surface area contributed by atoms with E-state index in [0.29, 0.717) is 23.4 Å². The molecule has 2 aromatic rings. The number of benzene rings is 2. The lowest BCUT2D eigenvalue weighted by atomic mass is 9.99. The van der Waals surface area contributed by atoms with Crippen molar-refractivity contribution < 1.29 is 8.78 Å². The summed E-state index contributed by atoms with van der Waals surface area (Å²) in [4.78, 5) is 0. The minimum absolute atomic E-state index is 0.230. The molecule has 0 aliphatic rings. The van der Waals surface area contributed by atoms with Gasteiger partial charge in [-0.2, -0.15) is 0 Å². The second-order valence-electron chi connectivity index (χ2n) is 4.60. The smallest absolute Gasteiger partial charge is 0.127 e. The Labute approximate surface area is 121 Å². The fraction of sp³-hybridized carbons (Fsp3) is 0.200. The van der Waals surface area contributed by atoms with Crippen molar-refractivity contribution in [1.29, 1.82) is 0 Å². The summed E-state index contributed by atoms with van der Waals surface area (Å²) in [6.45, 7) is 0. The SMILES string of the molecule is NNC(Cc1cccc(F)c1)Cc1c(F)cccc1Cl. The number of hydrogen-bond donors (Lipinski definition) is 2. The van der Waals surface area contributed by atoms with Gasteiger partial charge in [-0.25, -0.2) is 8.78 Å². The monoisotopic (exact) mass is 296 g/mol. The van der Waals surface area contributed by atoms with Gasteiger partial charge in [0.05, 0.1) is 0 Å². The molecular weight excluding hydrogens is 282 g/mol. The molecular formula is C15H15ClF2N2. The second-order valence-corrected chi connectivity index (χ2v) is 5.01. The van der Waals surface area contributed by atoms with E-state index in [4.69, 9.17) is 17.4 Å². The first-order chi connectivity index (χ1) is 9.60. The molecule has 2 nitrogen and oxygen atoms in total. The van der Waals surface area contributed by atoms with E-state index >= 15 is 0 Å². The lowest BCUT2D eigenvalue weighted by molar-refractivity contribution is 0.505. The Bertz CT molecular complexity index is 570. The Balaban J connectivity index is 2.13. The van der Waals surface area contributed by atoms with Crippen molar-refractivity contribution in [2.75, 3.05) is 0 Å². The maximum Gasteiger partial charge on any atom is 0.127 e. The zero-order chi connectivity index (χ0) is 14.5. The van der Waals surface area contributed by atoms with Crippen LogP contribution < -0.4 is 11.3 Å². The molecule has 2 rings (SSSR count). The van der Waals surface area contributed by atoms with Gasteiger partial charge in [0.15, 0.2) is 0 Å². The summed E-state index contributed by atoms with van der Waals surface area (Å²) in [5.74, 6) is 4.83. The molecule has 0 saturated heterocycles. The molecule has 0 radical (unpaired) electrons. The lowest BCUT2D eigenvalue weighted by Gasteiger charge is -2.17. The largest absolute Gasteiger partial charge is 0.271 e. The van der Waals surface area contributed by atoms with E-state index in [2.05, 4.69) is 5.43 Å². The molecule has 0 fully saturated rings. The van der Waals surface area contributed by atoms with E-state index in [0.717, 1.165) is 5.56 Å². The Morgan fingerprint density at radius 1 is 1.10 bits per heavy atom. The van der Waals surface area contributed by atoms with Crippen molar-refractivity contribution in [2.24, 2.45) is 5.84 Å². The molecule has 0 aliphatic carbocycles. The van der Waals surface area contributed by atoms with Crippen molar-refractivity contribution in [3.05, 3.63) is 70.2 Å². The molecule has 2 aromatic carbocycles. The van der Waals surface area contributed by atoms with Crippen LogP contribution in [0.15, 0.2) is 42.5 Å². The summed E-state index contributed by atoms with van der Waals surface area (Å²) in [6.07, 6.45) is 0.817. The summed E-state index contributed by atoms with van der Waals surface area (Å²) < 4.78 is 26.9. The molecule has 0 bridgehead atoms. The van der Waals surface area contributed by atoms with Crippen LogP contribution in [0.25, 0.3) is 0 Å². The first-order valence-electron chi connectivity index (χ1n) is 6.23. The van der Waals surface area contributed by atoms with E-state index in [1.807, 2.05) is 0 Å². The van der Waals surface area contributed by atoms with Crippen LogP contribution in [0.3, 0.4) is 0 Å². The van der Waals surface area contributed by atoms with Crippen LogP contribution in [0.5, 0.6) is 0 Å². The fourth-order valence-corrected chi connectivity index (χ4v) is 2.35. The quantitative estimate of drug-likeness (QED) is 0.657. The maximum absolute atomic E-state index is 13.7. The van der Waals surface area contributed by atoms with Crippen LogP contribution in [0, 0.1) is 11.6 Å². The van der Waals surface area contributed by atoms with Gasteiger partial charge in [-0.05, 0) is 42.7 Å². The molecule has 0 spiro atoms. The fourth-order valence-electron chi connectivity index (χ4n) is 2.11. The molecule has 0 aromatic heterocycles. The average molecular weight is 297 g/mol. The predicted molar refractivity (Wildman–Crippen MR) is 76.3 cm³/mol.